The Morgan fingerprint density at radius 3 is 2.15 bits per heavy atom. The van der Waals surface area contributed by atoms with E-state index in [1.807, 2.05) is 30.5 Å². The van der Waals surface area contributed by atoms with Gasteiger partial charge in [-0.2, -0.15) is 0 Å². The first kappa shape index (κ1) is 40.4. The zero-order valence-electron chi connectivity index (χ0n) is 33.2. The smallest absolute Gasteiger partial charge is 0.121 e. The fraction of sp³-hybridized carbons (Fsp3) is 0.292. The van der Waals surface area contributed by atoms with Crippen LogP contribution in [-0.4, -0.2) is 23.2 Å². The van der Waals surface area contributed by atoms with Crippen LogP contribution in [0.5, 0.6) is 0 Å². The number of pyridine rings is 2. The summed E-state index contributed by atoms with van der Waals surface area (Å²) in [5, 5.41) is 2.22. The molecule has 3 heterocycles. The molecule has 7 aromatic rings. The first-order valence-electron chi connectivity index (χ1n) is 18.5. The van der Waals surface area contributed by atoms with E-state index in [9.17, 15) is 0 Å². The van der Waals surface area contributed by atoms with Gasteiger partial charge in [-0.1, -0.05) is 67.6 Å². The summed E-state index contributed by atoms with van der Waals surface area (Å²) in [7, 11) is 0. The van der Waals surface area contributed by atoms with Crippen LogP contribution in [0.15, 0.2) is 102 Å². The van der Waals surface area contributed by atoms with E-state index >= 15 is 0 Å². The molecule has 1 radical (unpaired) electrons. The van der Waals surface area contributed by atoms with Gasteiger partial charge in [0.2, 0.25) is 0 Å². The summed E-state index contributed by atoms with van der Waals surface area (Å²) in [4.78, 5) is 9.35. The minimum absolute atomic E-state index is 0. The van der Waals surface area contributed by atoms with Gasteiger partial charge >= 0.3 is 126 Å². The molecule has 0 aliphatic carbocycles. The van der Waals surface area contributed by atoms with Crippen LogP contribution < -0.4 is 4.40 Å². The number of fused-ring (bicyclic) bond motifs is 3. The summed E-state index contributed by atoms with van der Waals surface area (Å²) in [5.41, 5.74) is 14.8. The molecule has 53 heavy (non-hydrogen) atoms. The summed E-state index contributed by atoms with van der Waals surface area (Å²) in [6, 6.07) is 36.4. The number of rotatable bonds is 6. The minimum atomic E-state index is -1.86. The Morgan fingerprint density at radius 1 is 0.774 bits per heavy atom. The van der Waals surface area contributed by atoms with Crippen molar-refractivity contribution in [1.82, 2.24) is 9.97 Å². The monoisotopic (exact) mass is 939 g/mol. The van der Waals surface area contributed by atoms with E-state index < -0.39 is 13.3 Å². The van der Waals surface area contributed by atoms with Crippen molar-refractivity contribution in [3.05, 3.63) is 137 Å². The Labute approximate surface area is 333 Å². The summed E-state index contributed by atoms with van der Waals surface area (Å²) < 4.78 is 8.00. The number of hydrogen-bond acceptors (Lipinski definition) is 3. The molecule has 0 aliphatic heterocycles. The Kier molecular flexibility index (Phi) is 12.4. The summed E-state index contributed by atoms with van der Waals surface area (Å²) in [5.74, 6) is 7.99. The van der Waals surface area contributed by atoms with E-state index in [0.29, 0.717) is 5.92 Å². The van der Waals surface area contributed by atoms with Gasteiger partial charge in [-0.15, -0.1) is 18.2 Å². The van der Waals surface area contributed by atoms with Gasteiger partial charge in [0.05, 0.1) is 5.58 Å². The van der Waals surface area contributed by atoms with E-state index in [0.717, 1.165) is 50.9 Å². The second-order valence-corrected chi connectivity index (χ2v) is 27.3. The van der Waals surface area contributed by atoms with Crippen molar-refractivity contribution in [2.24, 2.45) is 5.92 Å². The summed E-state index contributed by atoms with van der Waals surface area (Å²) in [6.45, 7) is 17.7. The van der Waals surface area contributed by atoms with Crippen LogP contribution in [0.4, 0.5) is 0 Å². The number of benzene rings is 4. The largest absolute Gasteiger partial charge is 0.501 e. The molecule has 0 N–H and O–H groups in total. The van der Waals surface area contributed by atoms with Gasteiger partial charge in [0.15, 0.2) is 0 Å². The first-order valence-corrected chi connectivity index (χ1v) is 25.8. The number of nitrogens with zero attached hydrogens (tertiary/aromatic N) is 2. The van der Waals surface area contributed by atoms with E-state index in [-0.39, 0.29) is 25.5 Å². The number of furan rings is 1. The molecule has 275 valence electrons. The van der Waals surface area contributed by atoms with Crippen LogP contribution in [-0.2, 0) is 31.9 Å². The molecule has 4 aromatic carbocycles. The third-order valence-electron chi connectivity index (χ3n) is 9.69. The van der Waals surface area contributed by atoms with Gasteiger partial charge in [-0.05, 0) is 71.8 Å². The maximum absolute atomic E-state index is 6.46. The molecule has 5 heteroatoms. The van der Waals surface area contributed by atoms with Crippen molar-refractivity contribution in [2.75, 3.05) is 0 Å². The molecule has 0 aliphatic rings. The van der Waals surface area contributed by atoms with E-state index in [1.165, 1.54) is 38.9 Å². The predicted molar refractivity (Wildman–Crippen MR) is 224 cm³/mol. The molecule has 0 saturated heterocycles. The summed E-state index contributed by atoms with van der Waals surface area (Å²) >= 11 is -1.86. The van der Waals surface area contributed by atoms with Crippen molar-refractivity contribution in [3.8, 4) is 33.6 Å². The third-order valence-corrected chi connectivity index (χ3v) is 14.0. The Bertz CT molecular complexity index is 2340. The molecular formula is C48H52GeIrN2O-2. The summed E-state index contributed by atoms with van der Waals surface area (Å²) in [6.07, 6.45) is 5.15. The second-order valence-electron chi connectivity index (χ2n) is 16.7. The average molecular weight is 938 g/mol. The fourth-order valence-corrected chi connectivity index (χ4v) is 10.6. The maximum Gasteiger partial charge on any atom is 0.121 e. The van der Waals surface area contributed by atoms with Crippen LogP contribution in [0.1, 0.15) is 62.4 Å². The normalized spacial score (nSPS) is 11.8. The molecule has 0 fully saturated rings. The zero-order chi connectivity index (χ0) is 37.4. The van der Waals surface area contributed by atoms with Crippen molar-refractivity contribution >= 4 is 39.6 Å². The minimum Gasteiger partial charge on any atom is -0.501 e. The van der Waals surface area contributed by atoms with Crippen LogP contribution in [0, 0.1) is 38.8 Å². The average Bonchev–Trinajstić information content (AvgIpc) is 3.46. The number of hydrogen-bond donors (Lipinski definition) is 0. The molecule has 7 rings (SSSR count). The molecule has 0 amide bonds. The van der Waals surface area contributed by atoms with Gasteiger partial charge < -0.3 is 9.40 Å². The van der Waals surface area contributed by atoms with Gasteiger partial charge in [-0.25, -0.2) is 0 Å². The van der Waals surface area contributed by atoms with E-state index in [2.05, 4.69) is 157 Å². The molecule has 0 spiro atoms. The van der Waals surface area contributed by atoms with E-state index in [1.54, 1.807) is 4.40 Å². The molecule has 0 atom stereocenters. The molecule has 0 saturated carbocycles. The zero-order valence-corrected chi connectivity index (χ0v) is 37.7. The SMILES string of the molecule is CC(C)Cc1cc(-c2[c-]cccc2)nc[c]1[Ge]([CH3])([CH3])[CH3].Cc1cc(C)c(-c2ccc3c(c2)oc2c(-c4cc(C(C)(C)C)ccn4)[c-]ccc23)c(C)c1.[Ir]. The fourth-order valence-electron chi connectivity index (χ4n) is 7.24. The molecule has 0 bridgehead atoms. The Balaban J connectivity index is 0.000000223. The number of aryl methyl sites for hydroxylation is 3. The quantitative estimate of drug-likeness (QED) is 0.123. The predicted octanol–water partition coefficient (Wildman–Crippen LogP) is 12.6. The Hall–Kier alpha value is -3.83. The molecule has 3 nitrogen and oxygen atoms in total. The number of aromatic nitrogens is 2. The van der Waals surface area contributed by atoms with Crippen LogP contribution >= 0.6 is 0 Å². The van der Waals surface area contributed by atoms with Crippen molar-refractivity contribution in [2.45, 2.75) is 84.5 Å². The topological polar surface area (TPSA) is 38.9 Å². The second kappa shape index (κ2) is 16.3. The van der Waals surface area contributed by atoms with Gasteiger partial charge in [-0.3, -0.25) is 0 Å². The van der Waals surface area contributed by atoms with E-state index in [4.69, 9.17) is 9.40 Å². The van der Waals surface area contributed by atoms with Gasteiger partial charge in [0, 0.05) is 31.7 Å². The van der Waals surface area contributed by atoms with Crippen LogP contribution in [0.2, 0.25) is 17.3 Å². The third kappa shape index (κ3) is 9.11. The van der Waals surface area contributed by atoms with Crippen LogP contribution in [0.25, 0.3) is 55.6 Å². The van der Waals surface area contributed by atoms with Crippen molar-refractivity contribution < 1.29 is 24.5 Å². The first-order chi connectivity index (χ1) is 24.6. The Morgan fingerprint density at radius 2 is 1.51 bits per heavy atom. The van der Waals surface area contributed by atoms with Gasteiger partial charge in [0.1, 0.15) is 5.58 Å². The van der Waals surface area contributed by atoms with Gasteiger partial charge in [0.25, 0.3) is 0 Å². The standard InChI is InChI=1S/C30H28NO.C18H24GeN.Ir/c1-18-14-19(2)28(20(3)15-18)21-10-11-23-24-8-7-9-25(29(24)32-27(23)16-21)26-17-22(12-13-31-26)30(4,5)6;1-14(2)11-16-12-18(15-9-7-6-8-10-15)20-13-17(16)19(3,4)5;/h7-8,10-17H,1-6H3;6-9,12-14H,11H2,1-5H3;/q2*-1;. The molecule has 3 aromatic heterocycles. The van der Waals surface area contributed by atoms with Crippen LogP contribution in [0.3, 0.4) is 0 Å². The van der Waals surface area contributed by atoms with Crippen molar-refractivity contribution in [3.63, 3.8) is 0 Å². The molecule has 0 unspecified atom stereocenters. The molecular weight excluding hydrogens is 885 g/mol. The van der Waals surface area contributed by atoms with Crippen molar-refractivity contribution in [1.29, 1.82) is 0 Å². The maximum atomic E-state index is 6.46.